The second kappa shape index (κ2) is 7.66. The van der Waals surface area contributed by atoms with Crippen molar-refractivity contribution in [2.45, 2.75) is 31.6 Å². The number of aromatic amines is 1. The largest absolute Gasteiger partial charge is 0.282 e. The Bertz CT molecular complexity index is 1020. The van der Waals surface area contributed by atoms with Gasteiger partial charge in [-0.25, -0.2) is 12.7 Å². The zero-order valence-corrected chi connectivity index (χ0v) is 16.9. The summed E-state index contributed by atoms with van der Waals surface area (Å²) in [7, 11) is -0.179. The lowest BCUT2D eigenvalue weighted by atomic mass is 10.1. The molecule has 3 aromatic rings. The zero-order chi connectivity index (χ0) is 19.6. The van der Waals surface area contributed by atoms with E-state index in [-0.39, 0.29) is 0 Å². The predicted molar refractivity (Wildman–Crippen MR) is 105 cm³/mol. The average molecular weight is 388 g/mol. The maximum absolute atomic E-state index is 12.9. The maximum Gasteiger partial charge on any atom is 0.246 e. The second-order valence-electron chi connectivity index (χ2n) is 6.70. The number of rotatable bonds is 7. The highest BCUT2D eigenvalue weighted by Crippen LogP contribution is 2.22. The standard InChI is InChI=1S/C19H25N5O2S/c1-14-19(15(2)24(4)22-14)27(25,26)23(3)12-8-11-17-13-18(21-20-17)16-9-6-5-7-10-16/h5-7,9-10,13H,8,11-12H2,1-4H3,(H,20,21). The Morgan fingerprint density at radius 2 is 1.89 bits per heavy atom. The van der Waals surface area contributed by atoms with Gasteiger partial charge in [0.1, 0.15) is 4.90 Å². The van der Waals surface area contributed by atoms with Gasteiger partial charge in [0.25, 0.3) is 0 Å². The summed E-state index contributed by atoms with van der Waals surface area (Å²) in [4.78, 5) is 0.306. The molecule has 0 atom stereocenters. The molecule has 144 valence electrons. The molecular weight excluding hydrogens is 362 g/mol. The fourth-order valence-corrected chi connectivity index (χ4v) is 4.74. The van der Waals surface area contributed by atoms with E-state index in [4.69, 9.17) is 0 Å². The van der Waals surface area contributed by atoms with Crippen LogP contribution >= 0.6 is 0 Å². The van der Waals surface area contributed by atoms with Crippen molar-refractivity contribution < 1.29 is 8.42 Å². The molecular formula is C19H25N5O2S. The molecule has 1 N–H and O–H groups in total. The number of nitrogens with zero attached hydrogens (tertiary/aromatic N) is 4. The van der Waals surface area contributed by atoms with Crippen molar-refractivity contribution in [2.24, 2.45) is 7.05 Å². The molecule has 0 aliphatic rings. The zero-order valence-electron chi connectivity index (χ0n) is 16.1. The number of aromatic nitrogens is 4. The minimum absolute atomic E-state index is 0.306. The number of H-pyrrole nitrogens is 1. The summed E-state index contributed by atoms with van der Waals surface area (Å²) in [5.74, 6) is 0. The number of hydrogen-bond acceptors (Lipinski definition) is 4. The molecule has 3 rings (SSSR count). The summed E-state index contributed by atoms with van der Waals surface area (Å²) in [6, 6.07) is 12.0. The van der Waals surface area contributed by atoms with Crippen LogP contribution in [0.2, 0.25) is 0 Å². The van der Waals surface area contributed by atoms with Crippen LogP contribution in [0.5, 0.6) is 0 Å². The van der Waals surface area contributed by atoms with Gasteiger partial charge in [0, 0.05) is 31.9 Å². The monoisotopic (exact) mass is 387 g/mol. The molecule has 8 heteroatoms. The molecule has 27 heavy (non-hydrogen) atoms. The fourth-order valence-electron chi connectivity index (χ4n) is 3.14. The van der Waals surface area contributed by atoms with E-state index in [0.717, 1.165) is 23.4 Å². The lowest BCUT2D eigenvalue weighted by Gasteiger charge is -2.17. The molecule has 0 radical (unpaired) electrons. The average Bonchev–Trinajstić information content (AvgIpc) is 3.20. The molecule has 7 nitrogen and oxygen atoms in total. The molecule has 0 unspecified atom stereocenters. The van der Waals surface area contributed by atoms with Crippen molar-refractivity contribution in [3.05, 3.63) is 53.5 Å². The van der Waals surface area contributed by atoms with E-state index in [1.165, 1.54) is 4.31 Å². The third-order valence-electron chi connectivity index (χ3n) is 4.73. The van der Waals surface area contributed by atoms with Crippen LogP contribution in [0.1, 0.15) is 23.5 Å². The molecule has 1 aromatic carbocycles. The van der Waals surface area contributed by atoms with Gasteiger partial charge in [-0.3, -0.25) is 9.78 Å². The minimum atomic E-state index is -3.55. The van der Waals surface area contributed by atoms with Crippen LogP contribution in [-0.4, -0.2) is 46.3 Å². The Balaban J connectivity index is 1.63. The van der Waals surface area contributed by atoms with Gasteiger partial charge < -0.3 is 0 Å². The number of sulfonamides is 1. The van der Waals surface area contributed by atoms with E-state index in [9.17, 15) is 8.42 Å². The molecule has 0 saturated heterocycles. The van der Waals surface area contributed by atoms with Gasteiger partial charge in [-0.1, -0.05) is 30.3 Å². The lowest BCUT2D eigenvalue weighted by Crippen LogP contribution is -2.29. The first-order chi connectivity index (χ1) is 12.8. The summed E-state index contributed by atoms with van der Waals surface area (Å²) in [6.45, 7) is 3.93. The first-order valence-corrected chi connectivity index (χ1v) is 10.3. The Labute approximate surface area is 160 Å². The van der Waals surface area contributed by atoms with Crippen molar-refractivity contribution in [3.63, 3.8) is 0 Å². The van der Waals surface area contributed by atoms with E-state index >= 15 is 0 Å². The molecule has 0 bridgehead atoms. The topological polar surface area (TPSA) is 83.9 Å². The van der Waals surface area contributed by atoms with Crippen molar-refractivity contribution in [3.8, 4) is 11.3 Å². The van der Waals surface area contributed by atoms with Crippen molar-refractivity contribution >= 4 is 10.0 Å². The number of hydrogen-bond donors (Lipinski definition) is 1. The normalized spacial score (nSPS) is 12.0. The molecule has 0 aliphatic carbocycles. The second-order valence-corrected chi connectivity index (χ2v) is 8.68. The number of nitrogens with one attached hydrogen (secondary N) is 1. The quantitative estimate of drug-likeness (QED) is 0.675. The summed E-state index contributed by atoms with van der Waals surface area (Å²) in [5.41, 5.74) is 4.13. The number of benzene rings is 1. The van der Waals surface area contributed by atoms with Gasteiger partial charge in [-0.2, -0.15) is 10.2 Å². The first kappa shape index (κ1) is 19.3. The van der Waals surface area contributed by atoms with Crippen molar-refractivity contribution in [2.75, 3.05) is 13.6 Å². The van der Waals surface area contributed by atoms with Gasteiger partial charge in [0.2, 0.25) is 10.0 Å². The summed E-state index contributed by atoms with van der Waals surface area (Å²) in [5, 5.41) is 11.6. The molecule has 2 aromatic heterocycles. The number of aryl methyl sites for hydroxylation is 3. The van der Waals surface area contributed by atoms with Crippen LogP contribution < -0.4 is 0 Å². The third kappa shape index (κ3) is 3.96. The third-order valence-corrected chi connectivity index (χ3v) is 6.84. The van der Waals surface area contributed by atoms with Crippen LogP contribution in [0.15, 0.2) is 41.3 Å². The predicted octanol–water partition coefficient (Wildman–Crippen LogP) is 2.68. The van der Waals surface area contributed by atoms with Gasteiger partial charge >= 0.3 is 0 Å². The van der Waals surface area contributed by atoms with Crippen LogP contribution in [0, 0.1) is 13.8 Å². The van der Waals surface area contributed by atoms with Crippen LogP contribution in [0.3, 0.4) is 0 Å². The van der Waals surface area contributed by atoms with Crippen LogP contribution in [0.25, 0.3) is 11.3 Å². The molecule has 0 aliphatic heterocycles. The van der Waals surface area contributed by atoms with Gasteiger partial charge in [0.05, 0.1) is 17.1 Å². The van der Waals surface area contributed by atoms with E-state index in [0.29, 0.717) is 29.2 Å². The molecule has 2 heterocycles. The highest BCUT2D eigenvalue weighted by Gasteiger charge is 2.27. The Hall–Kier alpha value is -2.45. The van der Waals surface area contributed by atoms with Gasteiger partial charge in [-0.05, 0) is 32.8 Å². The molecule has 0 saturated carbocycles. The van der Waals surface area contributed by atoms with Crippen LogP contribution in [0.4, 0.5) is 0 Å². The summed E-state index contributed by atoms with van der Waals surface area (Å²) < 4.78 is 28.7. The maximum atomic E-state index is 12.9. The summed E-state index contributed by atoms with van der Waals surface area (Å²) >= 11 is 0. The SMILES string of the molecule is Cc1nn(C)c(C)c1S(=O)(=O)N(C)CCCc1cc(-c2ccccc2)n[nH]1. The highest BCUT2D eigenvalue weighted by molar-refractivity contribution is 7.89. The van der Waals surface area contributed by atoms with Crippen molar-refractivity contribution in [1.82, 2.24) is 24.3 Å². The van der Waals surface area contributed by atoms with E-state index in [1.54, 1.807) is 32.6 Å². The lowest BCUT2D eigenvalue weighted by molar-refractivity contribution is 0.459. The first-order valence-electron chi connectivity index (χ1n) is 8.87. The smallest absolute Gasteiger partial charge is 0.246 e. The van der Waals surface area contributed by atoms with E-state index in [1.807, 2.05) is 36.4 Å². The van der Waals surface area contributed by atoms with Crippen LogP contribution in [-0.2, 0) is 23.5 Å². The van der Waals surface area contributed by atoms with Crippen molar-refractivity contribution in [1.29, 1.82) is 0 Å². The van der Waals surface area contributed by atoms with Gasteiger partial charge in [0.15, 0.2) is 0 Å². The Morgan fingerprint density at radius 1 is 1.19 bits per heavy atom. The molecule has 0 spiro atoms. The summed E-state index contributed by atoms with van der Waals surface area (Å²) in [6.07, 6.45) is 1.43. The van der Waals surface area contributed by atoms with E-state index < -0.39 is 10.0 Å². The van der Waals surface area contributed by atoms with Gasteiger partial charge in [-0.15, -0.1) is 0 Å². The molecule has 0 amide bonds. The minimum Gasteiger partial charge on any atom is -0.282 e. The Morgan fingerprint density at radius 3 is 2.52 bits per heavy atom. The highest BCUT2D eigenvalue weighted by atomic mass is 32.2. The molecule has 0 fully saturated rings. The van der Waals surface area contributed by atoms with E-state index in [2.05, 4.69) is 15.3 Å². The fraction of sp³-hybridized carbons (Fsp3) is 0.368. The Kier molecular flexibility index (Phi) is 5.48.